The molecule has 9 nitrogen and oxygen atoms in total. The van der Waals surface area contributed by atoms with Crippen molar-refractivity contribution in [1.82, 2.24) is 19.9 Å². The normalized spacial score (nSPS) is 15.2. The van der Waals surface area contributed by atoms with Gasteiger partial charge in [-0.2, -0.15) is 0 Å². The Morgan fingerprint density at radius 2 is 2.10 bits per heavy atom. The number of hydrogen-bond donors (Lipinski definition) is 1. The Labute approximate surface area is 115 Å². The molecule has 0 radical (unpaired) electrons. The number of aromatic nitrogens is 3. The third-order valence-electron chi connectivity index (χ3n) is 2.89. The van der Waals surface area contributed by atoms with Crippen molar-refractivity contribution in [3.05, 3.63) is 5.69 Å². The molecule has 0 unspecified atom stereocenters. The summed E-state index contributed by atoms with van der Waals surface area (Å²) in [7, 11) is 0. The second kappa shape index (κ2) is 6.33. The number of carbonyl (C=O) groups excluding carboxylic acids is 2. The monoisotopic (exact) mass is 283 g/mol. The number of rotatable bonds is 4. The van der Waals surface area contributed by atoms with E-state index in [-0.39, 0.29) is 30.6 Å². The predicted octanol–water partition coefficient (Wildman–Crippen LogP) is -1.10. The first-order chi connectivity index (χ1) is 9.63. The van der Waals surface area contributed by atoms with Crippen molar-refractivity contribution in [1.29, 1.82) is 0 Å². The van der Waals surface area contributed by atoms with Gasteiger partial charge in [-0.05, 0) is 6.92 Å². The Kier molecular flexibility index (Phi) is 4.51. The molecule has 1 amide bonds. The van der Waals surface area contributed by atoms with Crippen molar-refractivity contribution >= 4 is 17.7 Å². The Bertz CT molecular complexity index is 495. The molecule has 1 fully saturated rings. The quantitative estimate of drug-likeness (QED) is 0.697. The minimum absolute atomic E-state index is 0.0325. The summed E-state index contributed by atoms with van der Waals surface area (Å²) in [5.41, 5.74) is 5.69. The smallest absolute Gasteiger partial charge is 0.362 e. The highest BCUT2D eigenvalue weighted by atomic mass is 16.5. The van der Waals surface area contributed by atoms with E-state index in [9.17, 15) is 9.59 Å². The van der Waals surface area contributed by atoms with E-state index in [1.54, 1.807) is 11.8 Å². The maximum absolute atomic E-state index is 12.0. The first-order valence-electron chi connectivity index (χ1n) is 6.35. The molecule has 1 aliphatic rings. The average Bonchev–Trinajstić information content (AvgIpc) is 2.81. The highest BCUT2D eigenvalue weighted by Gasteiger charge is 2.22. The third-order valence-corrected chi connectivity index (χ3v) is 2.89. The molecule has 0 atom stereocenters. The molecule has 0 bridgehead atoms. The van der Waals surface area contributed by atoms with Crippen molar-refractivity contribution in [2.24, 2.45) is 0 Å². The van der Waals surface area contributed by atoms with Crippen LogP contribution < -0.4 is 5.73 Å². The van der Waals surface area contributed by atoms with Crippen molar-refractivity contribution < 1.29 is 19.1 Å². The van der Waals surface area contributed by atoms with Crippen LogP contribution in [0.25, 0.3) is 0 Å². The van der Waals surface area contributed by atoms with E-state index in [4.69, 9.17) is 15.2 Å². The zero-order valence-corrected chi connectivity index (χ0v) is 11.2. The van der Waals surface area contributed by atoms with Crippen LogP contribution in [-0.2, 0) is 20.8 Å². The number of amides is 1. The Hall–Kier alpha value is -2.16. The molecule has 1 aliphatic heterocycles. The number of hydrogen-bond acceptors (Lipinski definition) is 7. The van der Waals surface area contributed by atoms with Crippen LogP contribution in [0, 0.1) is 0 Å². The standard InChI is InChI=1S/C11H17N5O4/c1-2-20-11(18)9-10(12)16(14-13-9)7-8(17)15-3-5-19-6-4-15/h2-7,12H2,1H3. The summed E-state index contributed by atoms with van der Waals surface area (Å²) in [5.74, 6) is -0.750. The fourth-order valence-electron chi connectivity index (χ4n) is 1.82. The Morgan fingerprint density at radius 3 is 2.75 bits per heavy atom. The highest BCUT2D eigenvalue weighted by Crippen LogP contribution is 2.10. The summed E-state index contributed by atoms with van der Waals surface area (Å²) >= 11 is 0. The molecule has 0 aliphatic carbocycles. The van der Waals surface area contributed by atoms with Gasteiger partial charge in [0.05, 0.1) is 19.8 Å². The lowest BCUT2D eigenvalue weighted by Crippen LogP contribution is -2.42. The molecule has 2 N–H and O–H groups in total. The zero-order chi connectivity index (χ0) is 14.5. The molecular formula is C11H17N5O4. The molecular weight excluding hydrogens is 266 g/mol. The van der Waals surface area contributed by atoms with E-state index in [0.29, 0.717) is 26.3 Å². The van der Waals surface area contributed by atoms with E-state index in [2.05, 4.69) is 10.3 Å². The Balaban J connectivity index is 2.02. The summed E-state index contributed by atoms with van der Waals surface area (Å²) in [6.45, 7) is 3.96. The van der Waals surface area contributed by atoms with Gasteiger partial charge in [-0.15, -0.1) is 5.10 Å². The zero-order valence-electron chi connectivity index (χ0n) is 11.2. The predicted molar refractivity (Wildman–Crippen MR) is 67.8 cm³/mol. The van der Waals surface area contributed by atoms with Crippen LogP contribution in [-0.4, -0.2) is 64.7 Å². The van der Waals surface area contributed by atoms with Gasteiger partial charge in [0.25, 0.3) is 0 Å². The van der Waals surface area contributed by atoms with Crippen LogP contribution >= 0.6 is 0 Å². The fraction of sp³-hybridized carbons (Fsp3) is 0.636. The van der Waals surface area contributed by atoms with Crippen LogP contribution in [0.2, 0.25) is 0 Å². The maximum Gasteiger partial charge on any atom is 0.362 e. The lowest BCUT2D eigenvalue weighted by Gasteiger charge is -2.26. The molecule has 1 saturated heterocycles. The lowest BCUT2D eigenvalue weighted by molar-refractivity contribution is -0.136. The van der Waals surface area contributed by atoms with Crippen molar-refractivity contribution in [2.75, 3.05) is 38.6 Å². The van der Waals surface area contributed by atoms with Crippen LogP contribution in [0.3, 0.4) is 0 Å². The molecule has 20 heavy (non-hydrogen) atoms. The minimum Gasteiger partial charge on any atom is -0.461 e. The van der Waals surface area contributed by atoms with Gasteiger partial charge in [0.15, 0.2) is 5.82 Å². The maximum atomic E-state index is 12.0. The van der Waals surface area contributed by atoms with Gasteiger partial charge in [-0.25, -0.2) is 9.48 Å². The molecule has 0 saturated carbocycles. The molecule has 0 aromatic carbocycles. The molecule has 110 valence electrons. The van der Waals surface area contributed by atoms with E-state index in [1.165, 1.54) is 4.68 Å². The number of morpholine rings is 1. The number of ether oxygens (including phenoxy) is 2. The summed E-state index contributed by atoms with van der Waals surface area (Å²) < 4.78 is 11.2. The number of nitrogen functional groups attached to an aromatic ring is 1. The second-order valence-electron chi connectivity index (χ2n) is 4.19. The number of nitrogens with zero attached hydrogens (tertiary/aromatic N) is 4. The number of carbonyl (C=O) groups is 2. The molecule has 0 spiro atoms. The van der Waals surface area contributed by atoms with Gasteiger partial charge in [0.2, 0.25) is 11.6 Å². The molecule has 2 rings (SSSR count). The van der Waals surface area contributed by atoms with E-state index in [1.807, 2.05) is 0 Å². The summed E-state index contributed by atoms with van der Waals surface area (Å²) in [6.07, 6.45) is 0. The minimum atomic E-state index is -0.643. The number of anilines is 1. The van der Waals surface area contributed by atoms with Crippen molar-refractivity contribution in [2.45, 2.75) is 13.5 Å². The summed E-state index contributed by atoms with van der Waals surface area (Å²) in [5, 5.41) is 7.37. The van der Waals surface area contributed by atoms with Gasteiger partial charge < -0.3 is 20.1 Å². The Morgan fingerprint density at radius 1 is 1.40 bits per heavy atom. The lowest BCUT2D eigenvalue weighted by atomic mass is 10.4. The van der Waals surface area contributed by atoms with Gasteiger partial charge in [-0.3, -0.25) is 4.79 Å². The fourth-order valence-corrected chi connectivity index (χ4v) is 1.82. The average molecular weight is 283 g/mol. The van der Waals surface area contributed by atoms with Crippen molar-refractivity contribution in [3.63, 3.8) is 0 Å². The van der Waals surface area contributed by atoms with E-state index < -0.39 is 5.97 Å². The number of nitrogens with two attached hydrogens (primary N) is 1. The first-order valence-corrected chi connectivity index (χ1v) is 6.35. The summed E-state index contributed by atoms with van der Waals surface area (Å²) in [4.78, 5) is 25.2. The SMILES string of the molecule is CCOC(=O)c1nnn(CC(=O)N2CCOCC2)c1N. The van der Waals surface area contributed by atoms with Crippen molar-refractivity contribution in [3.8, 4) is 0 Å². The number of esters is 1. The summed E-state index contributed by atoms with van der Waals surface area (Å²) in [6, 6.07) is 0. The van der Waals surface area contributed by atoms with Crippen LogP contribution in [0.5, 0.6) is 0 Å². The first kappa shape index (κ1) is 14.3. The van der Waals surface area contributed by atoms with Gasteiger partial charge >= 0.3 is 5.97 Å². The van der Waals surface area contributed by atoms with Crippen LogP contribution in [0.4, 0.5) is 5.82 Å². The van der Waals surface area contributed by atoms with Crippen LogP contribution in [0.1, 0.15) is 17.4 Å². The molecule has 1 aromatic rings. The highest BCUT2D eigenvalue weighted by molar-refractivity contribution is 5.92. The topological polar surface area (TPSA) is 113 Å². The third kappa shape index (κ3) is 3.05. The van der Waals surface area contributed by atoms with Crippen LogP contribution in [0.15, 0.2) is 0 Å². The molecule has 1 aromatic heterocycles. The molecule has 9 heteroatoms. The van der Waals surface area contributed by atoms with E-state index in [0.717, 1.165) is 0 Å². The van der Waals surface area contributed by atoms with Gasteiger partial charge in [-0.1, -0.05) is 5.21 Å². The van der Waals surface area contributed by atoms with Gasteiger partial charge in [0.1, 0.15) is 6.54 Å². The van der Waals surface area contributed by atoms with E-state index >= 15 is 0 Å². The largest absolute Gasteiger partial charge is 0.461 e. The van der Waals surface area contributed by atoms with Gasteiger partial charge in [0, 0.05) is 13.1 Å². The molecule has 2 heterocycles. The second-order valence-corrected chi connectivity index (χ2v) is 4.19.